The average Bonchev–Trinajstić information content (AvgIpc) is 2.62. The van der Waals surface area contributed by atoms with Gasteiger partial charge < -0.3 is 15.7 Å². The highest BCUT2D eigenvalue weighted by atomic mass is 16.4. The molecule has 1 atom stereocenters. The summed E-state index contributed by atoms with van der Waals surface area (Å²) in [7, 11) is 1.83. The summed E-state index contributed by atoms with van der Waals surface area (Å²) in [5.74, 6) is -0.934. The SMILES string of the molecule is CC(CC(=O)O)NC(=O)NCCc1ccn(C)n1. The van der Waals surface area contributed by atoms with Gasteiger partial charge in [0, 0.05) is 32.3 Å². The zero-order valence-electron chi connectivity index (χ0n) is 10.5. The first kappa shape index (κ1) is 14.0. The van der Waals surface area contributed by atoms with Gasteiger partial charge in [-0.25, -0.2) is 4.79 Å². The first-order valence-corrected chi connectivity index (χ1v) is 5.72. The Kier molecular flexibility index (Phi) is 5.16. The van der Waals surface area contributed by atoms with E-state index in [4.69, 9.17) is 5.11 Å². The fraction of sp³-hybridized carbons (Fsp3) is 0.545. The maximum absolute atomic E-state index is 11.4. The van der Waals surface area contributed by atoms with E-state index in [0.717, 1.165) is 5.69 Å². The number of aromatic nitrogens is 2. The lowest BCUT2D eigenvalue weighted by Gasteiger charge is -2.12. The number of rotatable bonds is 6. The van der Waals surface area contributed by atoms with Gasteiger partial charge in [-0.05, 0) is 13.0 Å². The molecular formula is C11H18N4O3. The van der Waals surface area contributed by atoms with Crippen LogP contribution in [-0.4, -0.2) is 39.5 Å². The molecule has 0 aliphatic rings. The molecule has 1 rings (SSSR count). The smallest absolute Gasteiger partial charge is 0.315 e. The van der Waals surface area contributed by atoms with Gasteiger partial charge in [0.2, 0.25) is 0 Å². The van der Waals surface area contributed by atoms with Crippen LogP contribution in [0.4, 0.5) is 4.79 Å². The third kappa shape index (κ3) is 5.33. The van der Waals surface area contributed by atoms with E-state index in [-0.39, 0.29) is 12.5 Å². The van der Waals surface area contributed by atoms with Crippen molar-refractivity contribution in [3.63, 3.8) is 0 Å². The van der Waals surface area contributed by atoms with Crippen molar-refractivity contribution in [3.05, 3.63) is 18.0 Å². The molecule has 0 aromatic carbocycles. The van der Waals surface area contributed by atoms with E-state index in [1.54, 1.807) is 11.6 Å². The van der Waals surface area contributed by atoms with Gasteiger partial charge in [0.25, 0.3) is 0 Å². The summed E-state index contributed by atoms with van der Waals surface area (Å²) < 4.78 is 1.70. The van der Waals surface area contributed by atoms with Gasteiger partial charge >= 0.3 is 12.0 Å². The third-order valence-corrected chi connectivity index (χ3v) is 2.29. The molecule has 0 saturated heterocycles. The highest BCUT2D eigenvalue weighted by molar-refractivity contribution is 5.75. The lowest BCUT2D eigenvalue weighted by Crippen LogP contribution is -2.42. The Hall–Kier alpha value is -2.05. The van der Waals surface area contributed by atoms with E-state index in [2.05, 4.69) is 15.7 Å². The second kappa shape index (κ2) is 6.63. The fourth-order valence-corrected chi connectivity index (χ4v) is 1.49. The van der Waals surface area contributed by atoms with Gasteiger partial charge in [0.1, 0.15) is 0 Å². The zero-order valence-corrected chi connectivity index (χ0v) is 10.5. The average molecular weight is 254 g/mol. The van der Waals surface area contributed by atoms with E-state index >= 15 is 0 Å². The lowest BCUT2D eigenvalue weighted by atomic mass is 10.2. The topological polar surface area (TPSA) is 96.3 Å². The molecule has 0 radical (unpaired) electrons. The van der Waals surface area contributed by atoms with E-state index in [9.17, 15) is 9.59 Å². The molecule has 0 spiro atoms. The monoisotopic (exact) mass is 254 g/mol. The third-order valence-electron chi connectivity index (χ3n) is 2.29. The van der Waals surface area contributed by atoms with E-state index in [1.807, 2.05) is 19.3 Å². The maximum atomic E-state index is 11.4. The minimum absolute atomic E-state index is 0.0896. The Bertz CT molecular complexity index is 416. The molecule has 0 aliphatic heterocycles. The van der Waals surface area contributed by atoms with Crippen LogP contribution in [-0.2, 0) is 18.3 Å². The molecule has 0 saturated carbocycles. The van der Waals surface area contributed by atoms with Crippen molar-refractivity contribution >= 4 is 12.0 Å². The molecule has 7 nitrogen and oxygen atoms in total. The van der Waals surface area contributed by atoms with Crippen LogP contribution in [0.15, 0.2) is 12.3 Å². The van der Waals surface area contributed by atoms with Gasteiger partial charge in [0.05, 0.1) is 12.1 Å². The summed E-state index contributed by atoms with van der Waals surface area (Å²) in [5.41, 5.74) is 0.899. The van der Waals surface area contributed by atoms with Crippen molar-refractivity contribution in [1.29, 1.82) is 0 Å². The number of hydrogen-bond acceptors (Lipinski definition) is 3. The van der Waals surface area contributed by atoms with Crippen molar-refractivity contribution in [2.24, 2.45) is 7.05 Å². The summed E-state index contributed by atoms with van der Waals surface area (Å²) in [4.78, 5) is 21.8. The number of carbonyl (C=O) groups excluding carboxylic acids is 1. The molecule has 18 heavy (non-hydrogen) atoms. The molecule has 3 N–H and O–H groups in total. The van der Waals surface area contributed by atoms with Crippen molar-refractivity contribution < 1.29 is 14.7 Å². The van der Waals surface area contributed by atoms with Crippen LogP contribution in [0.25, 0.3) is 0 Å². The predicted octanol–water partition coefficient (Wildman–Crippen LogP) is 0.125. The zero-order chi connectivity index (χ0) is 13.5. The van der Waals surface area contributed by atoms with Gasteiger partial charge in [-0.15, -0.1) is 0 Å². The molecule has 0 fully saturated rings. The van der Waals surface area contributed by atoms with E-state index in [1.165, 1.54) is 0 Å². The van der Waals surface area contributed by atoms with Crippen LogP contribution in [0, 0.1) is 0 Å². The molecule has 1 unspecified atom stereocenters. The Morgan fingerprint density at radius 3 is 2.83 bits per heavy atom. The van der Waals surface area contributed by atoms with Gasteiger partial charge in [0.15, 0.2) is 0 Å². The fourth-order valence-electron chi connectivity index (χ4n) is 1.49. The predicted molar refractivity (Wildman–Crippen MR) is 65.2 cm³/mol. The number of carbonyl (C=O) groups is 2. The van der Waals surface area contributed by atoms with Crippen LogP contribution < -0.4 is 10.6 Å². The van der Waals surface area contributed by atoms with Gasteiger partial charge in [-0.3, -0.25) is 9.48 Å². The standard InChI is InChI=1S/C11H18N4O3/c1-8(7-10(16)17)13-11(18)12-5-3-9-4-6-15(2)14-9/h4,6,8H,3,5,7H2,1-2H3,(H,16,17)(H2,12,13,18). The number of aryl methyl sites for hydroxylation is 1. The molecule has 7 heteroatoms. The van der Waals surface area contributed by atoms with Crippen LogP contribution in [0.5, 0.6) is 0 Å². The number of carboxylic acids is 1. The van der Waals surface area contributed by atoms with Crippen molar-refractivity contribution in [2.45, 2.75) is 25.8 Å². The molecule has 1 aromatic rings. The minimum atomic E-state index is -0.934. The van der Waals surface area contributed by atoms with Gasteiger partial charge in [-0.1, -0.05) is 0 Å². The summed E-state index contributed by atoms with van der Waals surface area (Å²) >= 11 is 0. The summed E-state index contributed by atoms with van der Waals surface area (Å²) in [6.45, 7) is 2.11. The maximum Gasteiger partial charge on any atom is 0.315 e. The first-order valence-electron chi connectivity index (χ1n) is 5.72. The second-order valence-electron chi connectivity index (χ2n) is 4.13. The highest BCUT2D eigenvalue weighted by Crippen LogP contribution is 1.94. The number of carboxylic acid groups (broad SMARTS) is 1. The van der Waals surface area contributed by atoms with E-state index < -0.39 is 12.0 Å². The normalized spacial score (nSPS) is 11.9. The summed E-state index contributed by atoms with van der Waals surface area (Å²) in [5, 5.41) is 17.9. The van der Waals surface area contributed by atoms with Crippen LogP contribution in [0.2, 0.25) is 0 Å². The minimum Gasteiger partial charge on any atom is -0.481 e. The van der Waals surface area contributed by atoms with E-state index in [0.29, 0.717) is 13.0 Å². The molecule has 0 aliphatic carbocycles. The first-order chi connectivity index (χ1) is 8.47. The summed E-state index contributed by atoms with van der Waals surface area (Å²) in [6.07, 6.45) is 2.39. The number of nitrogens with one attached hydrogen (secondary N) is 2. The molecular weight excluding hydrogens is 236 g/mol. The van der Waals surface area contributed by atoms with Crippen molar-refractivity contribution in [1.82, 2.24) is 20.4 Å². The van der Waals surface area contributed by atoms with Crippen molar-refractivity contribution in [2.75, 3.05) is 6.54 Å². The Morgan fingerprint density at radius 2 is 2.28 bits per heavy atom. The molecule has 1 heterocycles. The molecule has 0 bridgehead atoms. The Balaban J connectivity index is 2.19. The van der Waals surface area contributed by atoms with Crippen LogP contribution in [0.3, 0.4) is 0 Å². The number of amides is 2. The molecule has 1 aromatic heterocycles. The Labute approximate surface area is 105 Å². The lowest BCUT2D eigenvalue weighted by molar-refractivity contribution is -0.137. The molecule has 100 valence electrons. The van der Waals surface area contributed by atoms with Gasteiger partial charge in [-0.2, -0.15) is 5.10 Å². The van der Waals surface area contributed by atoms with Crippen LogP contribution >= 0.6 is 0 Å². The summed E-state index contributed by atoms with van der Waals surface area (Å²) in [6, 6.07) is 1.13. The van der Waals surface area contributed by atoms with Crippen molar-refractivity contribution in [3.8, 4) is 0 Å². The number of nitrogens with zero attached hydrogens (tertiary/aromatic N) is 2. The molecule has 2 amide bonds. The number of aliphatic carboxylic acids is 1. The highest BCUT2D eigenvalue weighted by Gasteiger charge is 2.10. The quantitative estimate of drug-likeness (QED) is 0.672. The largest absolute Gasteiger partial charge is 0.481 e. The number of hydrogen-bond donors (Lipinski definition) is 3. The van der Waals surface area contributed by atoms with Crippen LogP contribution in [0.1, 0.15) is 19.0 Å². The Morgan fingerprint density at radius 1 is 1.56 bits per heavy atom. The number of urea groups is 1. The second-order valence-corrected chi connectivity index (χ2v) is 4.13.